The van der Waals surface area contributed by atoms with Crippen LogP contribution in [0.15, 0.2) is 28.7 Å². The second-order valence-electron chi connectivity index (χ2n) is 6.52. The van der Waals surface area contributed by atoms with Crippen LogP contribution in [0.1, 0.15) is 58.9 Å². The molecule has 19 heavy (non-hydrogen) atoms. The number of halogens is 1. The predicted octanol–water partition coefficient (Wildman–Crippen LogP) is 5.36. The maximum Gasteiger partial charge on any atom is 0.0210 e. The normalized spacial score (nSPS) is 15.3. The lowest BCUT2D eigenvalue weighted by atomic mass is 9.84. The summed E-state index contributed by atoms with van der Waals surface area (Å²) in [6.45, 7) is 12.4. The van der Waals surface area contributed by atoms with Crippen LogP contribution in [-0.2, 0) is 0 Å². The molecule has 1 N–H and O–H groups in total. The van der Waals surface area contributed by atoms with E-state index < -0.39 is 0 Å². The van der Waals surface area contributed by atoms with Gasteiger partial charge in [-0.1, -0.05) is 60.8 Å². The Morgan fingerprint density at radius 2 is 1.84 bits per heavy atom. The number of hydrogen-bond acceptors (Lipinski definition) is 1. The van der Waals surface area contributed by atoms with Crippen LogP contribution >= 0.6 is 15.9 Å². The highest BCUT2D eigenvalue weighted by Crippen LogP contribution is 2.32. The van der Waals surface area contributed by atoms with E-state index >= 15 is 0 Å². The minimum Gasteiger partial charge on any atom is -0.311 e. The van der Waals surface area contributed by atoms with Gasteiger partial charge in [0.1, 0.15) is 0 Å². The second-order valence-corrected chi connectivity index (χ2v) is 7.38. The summed E-state index contributed by atoms with van der Waals surface area (Å²) in [4.78, 5) is 0. The van der Waals surface area contributed by atoms with Crippen molar-refractivity contribution in [3.8, 4) is 0 Å². The van der Waals surface area contributed by atoms with E-state index in [9.17, 15) is 0 Å². The summed E-state index contributed by atoms with van der Waals surface area (Å²) in [5, 5.41) is 3.67. The molecule has 0 aliphatic carbocycles. The third-order valence-corrected chi connectivity index (χ3v) is 4.31. The van der Waals surface area contributed by atoms with Gasteiger partial charge in [0.15, 0.2) is 0 Å². The van der Waals surface area contributed by atoms with Gasteiger partial charge >= 0.3 is 0 Å². The van der Waals surface area contributed by atoms with Gasteiger partial charge in [-0.2, -0.15) is 0 Å². The van der Waals surface area contributed by atoms with Crippen LogP contribution in [0, 0.1) is 5.92 Å². The molecule has 0 aliphatic heterocycles. The Bertz CT molecular complexity index is 381. The first-order chi connectivity index (χ1) is 8.85. The van der Waals surface area contributed by atoms with E-state index in [0.717, 1.165) is 6.54 Å². The molecule has 0 spiro atoms. The summed E-state index contributed by atoms with van der Waals surface area (Å²) < 4.78 is 1.23. The molecule has 0 amide bonds. The molecule has 2 heteroatoms. The Morgan fingerprint density at radius 1 is 1.21 bits per heavy atom. The standard InChI is InChI=1S/C17H28BrN/c1-6-9-13(2)15(12-19-17(3,4)5)14-10-7-8-11-16(14)18/h7-8,10-11,13,15,19H,6,9,12H2,1-5H3. The molecule has 1 aromatic carbocycles. The number of benzene rings is 1. The van der Waals surface area contributed by atoms with Gasteiger partial charge in [0, 0.05) is 22.5 Å². The maximum atomic E-state index is 3.71. The average Bonchev–Trinajstić information content (AvgIpc) is 2.30. The molecule has 0 heterocycles. The summed E-state index contributed by atoms with van der Waals surface area (Å²) in [5.74, 6) is 1.26. The Morgan fingerprint density at radius 3 is 2.37 bits per heavy atom. The molecule has 2 atom stereocenters. The fourth-order valence-corrected chi connectivity index (χ4v) is 3.04. The molecule has 0 saturated heterocycles. The van der Waals surface area contributed by atoms with E-state index in [4.69, 9.17) is 0 Å². The number of hydrogen-bond donors (Lipinski definition) is 1. The molecule has 2 unspecified atom stereocenters. The van der Waals surface area contributed by atoms with Crippen molar-refractivity contribution in [2.45, 2.75) is 58.9 Å². The lowest BCUT2D eigenvalue weighted by Gasteiger charge is -2.30. The van der Waals surface area contributed by atoms with Gasteiger partial charge in [0.2, 0.25) is 0 Å². The molecule has 0 fully saturated rings. The minimum atomic E-state index is 0.172. The molecule has 0 saturated carbocycles. The summed E-state index contributed by atoms with van der Waals surface area (Å²) in [6.07, 6.45) is 2.52. The molecule has 1 nitrogen and oxygen atoms in total. The third-order valence-electron chi connectivity index (χ3n) is 3.59. The van der Waals surface area contributed by atoms with Crippen molar-refractivity contribution in [3.63, 3.8) is 0 Å². The van der Waals surface area contributed by atoms with Crippen molar-refractivity contribution in [2.24, 2.45) is 5.92 Å². The van der Waals surface area contributed by atoms with E-state index in [0.29, 0.717) is 11.8 Å². The van der Waals surface area contributed by atoms with Crippen LogP contribution < -0.4 is 5.32 Å². The van der Waals surface area contributed by atoms with Crippen LogP contribution in [-0.4, -0.2) is 12.1 Å². The zero-order chi connectivity index (χ0) is 14.5. The van der Waals surface area contributed by atoms with Gasteiger partial charge in [-0.05, 0) is 38.3 Å². The predicted molar refractivity (Wildman–Crippen MR) is 88.7 cm³/mol. The van der Waals surface area contributed by atoms with Gasteiger partial charge in [-0.3, -0.25) is 0 Å². The first-order valence-corrected chi connectivity index (χ1v) is 8.14. The lowest BCUT2D eigenvalue weighted by molar-refractivity contribution is 0.348. The fraction of sp³-hybridized carbons (Fsp3) is 0.647. The molecule has 1 aromatic rings. The highest BCUT2D eigenvalue weighted by Gasteiger charge is 2.22. The number of nitrogens with one attached hydrogen (secondary N) is 1. The Hall–Kier alpha value is -0.340. The Labute approximate surface area is 127 Å². The monoisotopic (exact) mass is 325 g/mol. The van der Waals surface area contributed by atoms with Crippen LogP contribution in [0.4, 0.5) is 0 Å². The molecular formula is C17H28BrN. The SMILES string of the molecule is CCCC(C)C(CNC(C)(C)C)c1ccccc1Br. The Kier molecular flexibility index (Phi) is 6.55. The van der Waals surface area contributed by atoms with Crippen LogP contribution in [0.3, 0.4) is 0 Å². The maximum absolute atomic E-state index is 3.71. The molecule has 0 bridgehead atoms. The largest absolute Gasteiger partial charge is 0.311 e. The zero-order valence-corrected chi connectivity index (χ0v) is 14.5. The summed E-state index contributed by atoms with van der Waals surface area (Å²) in [5.41, 5.74) is 1.60. The van der Waals surface area contributed by atoms with Gasteiger partial charge < -0.3 is 5.32 Å². The third kappa shape index (κ3) is 5.66. The lowest BCUT2D eigenvalue weighted by Crippen LogP contribution is -2.39. The van der Waals surface area contributed by atoms with E-state index in [1.165, 1.54) is 22.9 Å². The average molecular weight is 326 g/mol. The molecule has 0 aromatic heterocycles. The molecule has 1 rings (SSSR count). The van der Waals surface area contributed by atoms with Crippen molar-refractivity contribution < 1.29 is 0 Å². The molecule has 0 radical (unpaired) electrons. The highest BCUT2D eigenvalue weighted by atomic mass is 79.9. The first-order valence-electron chi connectivity index (χ1n) is 7.34. The van der Waals surface area contributed by atoms with E-state index in [1.54, 1.807) is 0 Å². The Balaban J connectivity index is 2.89. The van der Waals surface area contributed by atoms with Gasteiger partial charge in [-0.25, -0.2) is 0 Å². The highest BCUT2D eigenvalue weighted by molar-refractivity contribution is 9.10. The van der Waals surface area contributed by atoms with Crippen LogP contribution in [0.2, 0.25) is 0 Å². The summed E-state index contributed by atoms with van der Waals surface area (Å²) in [6, 6.07) is 8.64. The van der Waals surface area contributed by atoms with Gasteiger partial charge in [-0.15, -0.1) is 0 Å². The number of rotatable bonds is 6. The van der Waals surface area contributed by atoms with Crippen molar-refractivity contribution in [2.75, 3.05) is 6.54 Å². The van der Waals surface area contributed by atoms with E-state index in [-0.39, 0.29) is 5.54 Å². The molecule has 0 aliphatic rings. The van der Waals surface area contributed by atoms with E-state index in [1.807, 2.05) is 0 Å². The topological polar surface area (TPSA) is 12.0 Å². The minimum absolute atomic E-state index is 0.172. The smallest absolute Gasteiger partial charge is 0.0210 e. The van der Waals surface area contributed by atoms with Crippen molar-refractivity contribution >= 4 is 15.9 Å². The first kappa shape index (κ1) is 16.7. The van der Waals surface area contributed by atoms with Crippen LogP contribution in [0.5, 0.6) is 0 Å². The molecule has 108 valence electrons. The van der Waals surface area contributed by atoms with Gasteiger partial charge in [0.25, 0.3) is 0 Å². The summed E-state index contributed by atoms with van der Waals surface area (Å²) in [7, 11) is 0. The fourth-order valence-electron chi connectivity index (χ4n) is 2.47. The quantitative estimate of drug-likeness (QED) is 0.742. The van der Waals surface area contributed by atoms with Crippen molar-refractivity contribution in [1.82, 2.24) is 5.32 Å². The molecular weight excluding hydrogens is 298 g/mol. The van der Waals surface area contributed by atoms with E-state index in [2.05, 4.69) is 80.1 Å². The van der Waals surface area contributed by atoms with Crippen LogP contribution in [0.25, 0.3) is 0 Å². The zero-order valence-electron chi connectivity index (χ0n) is 13.0. The van der Waals surface area contributed by atoms with Crippen molar-refractivity contribution in [3.05, 3.63) is 34.3 Å². The van der Waals surface area contributed by atoms with Gasteiger partial charge in [0.05, 0.1) is 0 Å². The second kappa shape index (κ2) is 7.44. The summed E-state index contributed by atoms with van der Waals surface area (Å²) >= 11 is 3.71. The van der Waals surface area contributed by atoms with Crippen molar-refractivity contribution in [1.29, 1.82) is 0 Å².